The molecule has 1 aliphatic heterocycles. The van der Waals surface area contributed by atoms with Gasteiger partial charge in [-0.2, -0.15) is 0 Å². The van der Waals surface area contributed by atoms with Gasteiger partial charge in [-0.25, -0.2) is 0 Å². The van der Waals surface area contributed by atoms with Crippen molar-refractivity contribution in [2.24, 2.45) is 11.8 Å². The first kappa shape index (κ1) is 16.7. The van der Waals surface area contributed by atoms with Gasteiger partial charge in [0.15, 0.2) is 5.78 Å². The van der Waals surface area contributed by atoms with Gasteiger partial charge in [-0.05, 0) is 50.5 Å². The molecule has 3 rings (SSSR count). The summed E-state index contributed by atoms with van der Waals surface area (Å²) < 4.78 is 0. The molecule has 0 spiro atoms. The number of rotatable bonds is 4. The average molecular weight is 328 g/mol. The summed E-state index contributed by atoms with van der Waals surface area (Å²) in [6.45, 7) is 3.17. The van der Waals surface area contributed by atoms with Crippen LogP contribution in [0.25, 0.3) is 0 Å². The molecule has 2 atom stereocenters. The quantitative estimate of drug-likeness (QED) is 0.864. The van der Waals surface area contributed by atoms with E-state index < -0.39 is 0 Å². The molecule has 0 radical (unpaired) electrons. The molecule has 1 saturated heterocycles. The standard InChI is InChI=1S/C19H24N2O3/c1-13(22)14-6-8-15(9-7-14)20-18(23)16-12-17(16)19(24)21-10-4-2-3-5-11-21/h6-9,16-17H,2-5,10-12H2,1H3,(H,20,23). The summed E-state index contributed by atoms with van der Waals surface area (Å²) in [6, 6.07) is 6.85. The van der Waals surface area contributed by atoms with Gasteiger partial charge in [0, 0.05) is 24.3 Å². The highest BCUT2D eigenvalue weighted by Gasteiger charge is 2.49. The third-order valence-electron chi connectivity index (χ3n) is 4.92. The van der Waals surface area contributed by atoms with E-state index in [9.17, 15) is 14.4 Å². The van der Waals surface area contributed by atoms with Crippen LogP contribution in [0.2, 0.25) is 0 Å². The molecule has 2 aliphatic rings. The summed E-state index contributed by atoms with van der Waals surface area (Å²) in [7, 11) is 0. The van der Waals surface area contributed by atoms with Crippen LogP contribution < -0.4 is 5.32 Å². The molecule has 1 saturated carbocycles. The van der Waals surface area contributed by atoms with E-state index in [1.807, 2.05) is 4.90 Å². The number of Topliss-reactive ketones (excluding diaryl/α,β-unsaturated/α-hetero) is 1. The molecule has 2 unspecified atom stereocenters. The fourth-order valence-electron chi connectivity index (χ4n) is 3.31. The van der Waals surface area contributed by atoms with Crippen molar-refractivity contribution < 1.29 is 14.4 Å². The van der Waals surface area contributed by atoms with Crippen LogP contribution in [0.4, 0.5) is 5.69 Å². The van der Waals surface area contributed by atoms with E-state index in [1.165, 1.54) is 19.8 Å². The summed E-state index contributed by atoms with van der Waals surface area (Å²) in [6.07, 6.45) is 5.16. The van der Waals surface area contributed by atoms with Gasteiger partial charge in [-0.15, -0.1) is 0 Å². The highest BCUT2D eigenvalue weighted by Crippen LogP contribution is 2.41. The number of anilines is 1. The zero-order chi connectivity index (χ0) is 17.1. The molecule has 0 bridgehead atoms. The lowest BCUT2D eigenvalue weighted by Gasteiger charge is -2.20. The number of nitrogens with one attached hydrogen (secondary N) is 1. The second kappa shape index (κ2) is 7.16. The maximum atomic E-state index is 12.5. The lowest BCUT2D eigenvalue weighted by atomic mass is 10.1. The molecule has 0 aromatic heterocycles. The topological polar surface area (TPSA) is 66.5 Å². The maximum absolute atomic E-state index is 12.5. The first-order valence-corrected chi connectivity index (χ1v) is 8.77. The fraction of sp³-hybridized carbons (Fsp3) is 0.526. The van der Waals surface area contributed by atoms with Crippen LogP contribution in [0.3, 0.4) is 0 Å². The summed E-state index contributed by atoms with van der Waals surface area (Å²) in [5.74, 6) is -0.325. The van der Waals surface area contributed by atoms with Crippen LogP contribution >= 0.6 is 0 Å². The van der Waals surface area contributed by atoms with Gasteiger partial charge in [0.1, 0.15) is 0 Å². The van der Waals surface area contributed by atoms with E-state index in [2.05, 4.69) is 5.32 Å². The molecule has 5 heteroatoms. The Labute approximate surface area is 142 Å². The lowest BCUT2D eigenvalue weighted by Crippen LogP contribution is -2.34. The average Bonchev–Trinajstić information content (AvgIpc) is 3.39. The third-order valence-corrected chi connectivity index (χ3v) is 4.92. The number of benzene rings is 1. The molecule has 24 heavy (non-hydrogen) atoms. The summed E-state index contributed by atoms with van der Waals surface area (Å²) >= 11 is 0. The summed E-state index contributed by atoms with van der Waals surface area (Å²) in [4.78, 5) is 38.0. The Morgan fingerprint density at radius 3 is 2.17 bits per heavy atom. The second-order valence-electron chi connectivity index (χ2n) is 6.81. The molecular formula is C19H24N2O3. The highest BCUT2D eigenvalue weighted by molar-refractivity contribution is 6.00. The van der Waals surface area contributed by atoms with E-state index in [0.717, 1.165) is 25.9 Å². The van der Waals surface area contributed by atoms with Crippen LogP contribution in [0, 0.1) is 11.8 Å². The molecule has 2 fully saturated rings. The van der Waals surface area contributed by atoms with Crippen molar-refractivity contribution in [3.63, 3.8) is 0 Å². The Morgan fingerprint density at radius 2 is 1.58 bits per heavy atom. The minimum Gasteiger partial charge on any atom is -0.342 e. The molecule has 128 valence electrons. The third kappa shape index (κ3) is 3.83. The number of ketones is 1. The van der Waals surface area contributed by atoms with Crippen LogP contribution in [0.5, 0.6) is 0 Å². The van der Waals surface area contributed by atoms with Crippen LogP contribution in [-0.2, 0) is 9.59 Å². The number of carbonyl (C=O) groups excluding carboxylic acids is 3. The van der Waals surface area contributed by atoms with Crippen molar-refractivity contribution in [1.82, 2.24) is 4.90 Å². The SMILES string of the molecule is CC(=O)c1ccc(NC(=O)C2CC2C(=O)N2CCCCCC2)cc1. The zero-order valence-electron chi connectivity index (χ0n) is 14.1. The van der Waals surface area contributed by atoms with Gasteiger partial charge in [0.2, 0.25) is 11.8 Å². The Kier molecular flexibility index (Phi) is 4.97. The minimum atomic E-state index is -0.215. The molecule has 5 nitrogen and oxygen atoms in total. The predicted molar refractivity (Wildman–Crippen MR) is 91.7 cm³/mol. The van der Waals surface area contributed by atoms with Crippen molar-refractivity contribution in [3.8, 4) is 0 Å². The number of hydrogen-bond donors (Lipinski definition) is 1. The first-order valence-electron chi connectivity index (χ1n) is 8.77. The molecule has 1 heterocycles. The normalized spacial score (nSPS) is 23.3. The first-order chi connectivity index (χ1) is 11.6. The van der Waals surface area contributed by atoms with Gasteiger partial charge < -0.3 is 10.2 Å². The number of amides is 2. The van der Waals surface area contributed by atoms with E-state index in [1.54, 1.807) is 24.3 Å². The van der Waals surface area contributed by atoms with Gasteiger partial charge in [0.25, 0.3) is 0 Å². The summed E-state index contributed by atoms with van der Waals surface area (Å²) in [5.41, 5.74) is 1.28. The molecule has 1 N–H and O–H groups in total. The van der Waals surface area contributed by atoms with Crippen molar-refractivity contribution in [1.29, 1.82) is 0 Å². The number of hydrogen-bond acceptors (Lipinski definition) is 3. The van der Waals surface area contributed by atoms with Gasteiger partial charge in [-0.1, -0.05) is 12.8 Å². The van der Waals surface area contributed by atoms with Crippen molar-refractivity contribution in [3.05, 3.63) is 29.8 Å². The van der Waals surface area contributed by atoms with Gasteiger partial charge in [-0.3, -0.25) is 14.4 Å². The van der Waals surface area contributed by atoms with Crippen LogP contribution in [-0.4, -0.2) is 35.6 Å². The number of carbonyl (C=O) groups is 3. The molecular weight excluding hydrogens is 304 g/mol. The van der Waals surface area contributed by atoms with Crippen LogP contribution in [0.15, 0.2) is 24.3 Å². The minimum absolute atomic E-state index is 0.00169. The Balaban J connectivity index is 1.53. The van der Waals surface area contributed by atoms with E-state index in [4.69, 9.17) is 0 Å². The largest absolute Gasteiger partial charge is 0.342 e. The fourth-order valence-corrected chi connectivity index (χ4v) is 3.31. The van der Waals surface area contributed by atoms with E-state index in [0.29, 0.717) is 17.7 Å². The predicted octanol–water partition coefficient (Wildman–Crippen LogP) is 2.87. The van der Waals surface area contributed by atoms with E-state index in [-0.39, 0.29) is 29.4 Å². The van der Waals surface area contributed by atoms with Crippen molar-refractivity contribution in [2.45, 2.75) is 39.0 Å². The smallest absolute Gasteiger partial charge is 0.228 e. The lowest BCUT2D eigenvalue weighted by molar-refractivity contribution is -0.134. The summed E-state index contributed by atoms with van der Waals surface area (Å²) in [5, 5.41) is 2.85. The number of likely N-dealkylation sites (tertiary alicyclic amines) is 1. The Bertz CT molecular complexity index is 631. The van der Waals surface area contributed by atoms with Crippen LogP contribution in [0.1, 0.15) is 49.4 Å². The van der Waals surface area contributed by atoms with E-state index >= 15 is 0 Å². The monoisotopic (exact) mass is 328 g/mol. The van der Waals surface area contributed by atoms with Crippen molar-refractivity contribution in [2.75, 3.05) is 18.4 Å². The van der Waals surface area contributed by atoms with Gasteiger partial charge in [0.05, 0.1) is 11.8 Å². The maximum Gasteiger partial charge on any atom is 0.228 e. The highest BCUT2D eigenvalue weighted by atomic mass is 16.2. The Hall–Kier alpha value is -2.17. The Morgan fingerprint density at radius 1 is 0.958 bits per heavy atom. The molecule has 2 amide bonds. The molecule has 1 aromatic carbocycles. The second-order valence-corrected chi connectivity index (χ2v) is 6.81. The number of nitrogens with zero attached hydrogens (tertiary/aromatic N) is 1. The molecule has 1 aromatic rings. The molecule has 1 aliphatic carbocycles. The zero-order valence-corrected chi connectivity index (χ0v) is 14.1. The van der Waals surface area contributed by atoms with Crippen molar-refractivity contribution >= 4 is 23.3 Å². The van der Waals surface area contributed by atoms with Gasteiger partial charge >= 0.3 is 0 Å².